The minimum Gasteiger partial charge on any atom is -0.488 e. The van der Waals surface area contributed by atoms with Crippen molar-refractivity contribution in [3.8, 4) is 17.8 Å². The Morgan fingerprint density at radius 2 is 2.04 bits per heavy atom. The monoisotopic (exact) mass is 331 g/mol. The number of halogens is 1. The molecule has 0 saturated carbocycles. The van der Waals surface area contributed by atoms with E-state index in [1.54, 1.807) is 17.2 Å². The first-order chi connectivity index (χ1) is 11.2. The molecule has 6 nitrogen and oxygen atoms in total. The van der Waals surface area contributed by atoms with Gasteiger partial charge in [-0.25, -0.2) is 9.21 Å². The van der Waals surface area contributed by atoms with Crippen LogP contribution in [0.5, 0.6) is 11.5 Å². The fourth-order valence-electron chi connectivity index (χ4n) is 2.51. The number of rotatable bonds is 5. The van der Waals surface area contributed by atoms with Gasteiger partial charge in [0, 0.05) is 23.7 Å². The molecule has 23 heavy (non-hydrogen) atoms. The lowest BCUT2D eigenvalue weighted by Crippen LogP contribution is -2.31. The van der Waals surface area contributed by atoms with Crippen molar-refractivity contribution in [3.05, 3.63) is 36.4 Å². The molecule has 7 heteroatoms. The molecular formula is C16H14ClN3O3. The molecule has 1 heterocycles. The van der Waals surface area contributed by atoms with E-state index in [-0.39, 0.29) is 12.6 Å². The molecule has 2 aromatic carbocycles. The number of urea groups is 1. The molecule has 3 rings (SSSR count). The number of nitrogens with zero attached hydrogens (tertiary/aromatic N) is 3. The van der Waals surface area contributed by atoms with Crippen molar-refractivity contribution in [2.24, 2.45) is 0 Å². The first kappa shape index (κ1) is 15.3. The summed E-state index contributed by atoms with van der Waals surface area (Å²) in [5.41, 5.74) is 0. The van der Waals surface area contributed by atoms with Crippen LogP contribution in [0, 0.1) is 11.5 Å². The van der Waals surface area contributed by atoms with Gasteiger partial charge >= 0.3 is 6.03 Å². The molecule has 1 aliphatic rings. The highest BCUT2D eigenvalue weighted by atomic mass is 35.5. The third-order valence-corrected chi connectivity index (χ3v) is 3.97. The Bertz CT molecular complexity index is 775. The van der Waals surface area contributed by atoms with Crippen LogP contribution in [0.1, 0.15) is 0 Å². The standard InChI is InChI=1S/C16H14ClN3O3/c17-20-8-7-19(16(20)21)9-10-22-14-6-5-12-3-1-2-4-13(12)15(14)23-11-18/h1-6H,7-10H2. The summed E-state index contributed by atoms with van der Waals surface area (Å²) in [6, 6.07) is 11.0. The van der Waals surface area contributed by atoms with E-state index in [0.717, 1.165) is 15.2 Å². The van der Waals surface area contributed by atoms with Crippen molar-refractivity contribution in [2.45, 2.75) is 0 Å². The maximum atomic E-state index is 11.7. The van der Waals surface area contributed by atoms with Crippen LogP contribution in [0.15, 0.2) is 36.4 Å². The summed E-state index contributed by atoms with van der Waals surface area (Å²) in [5, 5.41) is 10.6. The minimum absolute atomic E-state index is 0.220. The smallest absolute Gasteiger partial charge is 0.334 e. The fraction of sp³-hybridized carbons (Fsp3) is 0.250. The van der Waals surface area contributed by atoms with E-state index < -0.39 is 0 Å². The van der Waals surface area contributed by atoms with Crippen molar-refractivity contribution in [2.75, 3.05) is 26.2 Å². The SMILES string of the molecule is N#COc1c(OCCN2CCN(Cl)C2=O)ccc2ccccc12. The quantitative estimate of drug-likeness (QED) is 0.624. The Labute approximate surface area is 138 Å². The van der Waals surface area contributed by atoms with E-state index in [4.69, 9.17) is 26.5 Å². The summed E-state index contributed by atoms with van der Waals surface area (Å²) in [5.74, 6) is 0.858. The molecule has 0 N–H and O–H groups in total. The van der Waals surface area contributed by atoms with Gasteiger partial charge in [0.25, 0.3) is 6.26 Å². The largest absolute Gasteiger partial charge is 0.488 e. The van der Waals surface area contributed by atoms with Gasteiger partial charge in [-0.15, -0.1) is 5.26 Å². The van der Waals surface area contributed by atoms with E-state index in [1.165, 1.54) is 0 Å². The molecule has 0 aromatic heterocycles. The molecule has 1 fully saturated rings. The topological polar surface area (TPSA) is 65.8 Å². The number of ether oxygens (including phenoxy) is 2. The second-order valence-electron chi connectivity index (χ2n) is 5.01. The Kier molecular flexibility index (Phi) is 4.40. The van der Waals surface area contributed by atoms with Gasteiger partial charge in [-0.1, -0.05) is 30.3 Å². The Hall–Kier alpha value is -2.65. The van der Waals surface area contributed by atoms with Crippen LogP contribution in [0.25, 0.3) is 10.8 Å². The molecule has 1 saturated heterocycles. The van der Waals surface area contributed by atoms with Crippen LogP contribution in [0.4, 0.5) is 4.79 Å². The van der Waals surface area contributed by atoms with E-state index in [9.17, 15) is 4.79 Å². The average Bonchev–Trinajstić information content (AvgIpc) is 2.89. The van der Waals surface area contributed by atoms with Crippen LogP contribution < -0.4 is 9.47 Å². The summed E-state index contributed by atoms with van der Waals surface area (Å²) < 4.78 is 11.9. The molecular weight excluding hydrogens is 318 g/mol. The second-order valence-corrected chi connectivity index (χ2v) is 5.42. The number of amides is 2. The summed E-state index contributed by atoms with van der Waals surface area (Å²) in [7, 11) is 0. The van der Waals surface area contributed by atoms with Crippen LogP contribution >= 0.6 is 11.8 Å². The number of hydrogen-bond acceptors (Lipinski definition) is 4. The number of carbonyl (C=O) groups is 1. The van der Waals surface area contributed by atoms with Gasteiger partial charge in [0.2, 0.25) is 0 Å². The van der Waals surface area contributed by atoms with Crippen LogP contribution in [-0.2, 0) is 0 Å². The van der Waals surface area contributed by atoms with Crippen molar-refractivity contribution in [1.82, 2.24) is 9.32 Å². The summed E-state index contributed by atoms with van der Waals surface area (Å²) >= 11 is 5.73. The van der Waals surface area contributed by atoms with E-state index in [1.807, 2.05) is 30.3 Å². The van der Waals surface area contributed by atoms with Crippen molar-refractivity contribution < 1.29 is 14.3 Å². The van der Waals surface area contributed by atoms with E-state index in [2.05, 4.69) is 0 Å². The lowest BCUT2D eigenvalue weighted by molar-refractivity contribution is 0.194. The fourth-order valence-corrected chi connectivity index (χ4v) is 2.70. The molecule has 0 radical (unpaired) electrons. The lowest BCUT2D eigenvalue weighted by atomic mass is 10.1. The molecule has 1 aliphatic heterocycles. The van der Waals surface area contributed by atoms with Gasteiger partial charge in [-0.05, 0) is 11.5 Å². The predicted octanol–water partition coefficient (Wildman–Crippen LogP) is 2.97. The molecule has 0 aliphatic carbocycles. The van der Waals surface area contributed by atoms with Crippen LogP contribution in [0.2, 0.25) is 0 Å². The van der Waals surface area contributed by atoms with E-state index in [0.29, 0.717) is 31.1 Å². The number of nitriles is 1. The van der Waals surface area contributed by atoms with E-state index >= 15 is 0 Å². The third kappa shape index (κ3) is 3.10. The van der Waals surface area contributed by atoms with Crippen LogP contribution in [-0.4, -0.2) is 41.6 Å². The molecule has 0 atom stereocenters. The molecule has 0 unspecified atom stereocenters. The Balaban J connectivity index is 1.74. The van der Waals surface area contributed by atoms with Crippen LogP contribution in [0.3, 0.4) is 0 Å². The molecule has 0 spiro atoms. The summed E-state index contributed by atoms with van der Waals surface area (Å²) in [6.07, 6.45) is 1.69. The Morgan fingerprint density at radius 1 is 1.22 bits per heavy atom. The first-order valence-corrected chi connectivity index (χ1v) is 7.47. The normalized spacial score (nSPS) is 14.2. The average molecular weight is 332 g/mol. The minimum atomic E-state index is -0.220. The van der Waals surface area contributed by atoms with Gasteiger partial charge in [-0.3, -0.25) is 0 Å². The van der Waals surface area contributed by atoms with Crippen molar-refractivity contribution in [3.63, 3.8) is 0 Å². The maximum Gasteiger partial charge on any atom is 0.334 e. The lowest BCUT2D eigenvalue weighted by Gasteiger charge is -2.16. The maximum absolute atomic E-state index is 11.7. The summed E-state index contributed by atoms with van der Waals surface area (Å²) in [4.78, 5) is 13.3. The van der Waals surface area contributed by atoms with Gasteiger partial charge in [0.1, 0.15) is 6.61 Å². The second kappa shape index (κ2) is 6.63. The molecule has 118 valence electrons. The van der Waals surface area contributed by atoms with Crippen molar-refractivity contribution in [1.29, 1.82) is 5.26 Å². The zero-order valence-corrected chi connectivity index (χ0v) is 13.0. The first-order valence-electron chi connectivity index (χ1n) is 7.13. The van der Waals surface area contributed by atoms with Gasteiger partial charge in [0.15, 0.2) is 11.5 Å². The zero-order valence-electron chi connectivity index (χ0n) is 12.2. The molecule has 0 bridgehead atoms. The van der Waals surface area contributed by atoms with Gasteiger partial charge < -0.3 is 14.4 Å². The highest BCUT2D eigenvalue weighted by molar-refractivity contribution is 6.21. The third-order valence-electron chi connectivity index (χ3n) is 3.65. The Morgan fingerprint density at radius 3 is 2.78 bits per heavy atom. The zero-order chi connectivity index (χ0) is 16.2. The predicted molar refractivity (Wildman–Crippen MR) is 85.2 cm³/mol. The van der Waals surface area contributed by atoms with Gasteiger partial charge in [0.05, 0.1) is 13.1 Å². The number of hydrogen-bond donors (Lipinski definition) is 0. The highest BCUT2D eigenvalue weighted by Crippen LogP contribution is 2.35. The number of fused-ring (bicyclic) bond motifs is 1. The van der Waals surface area contributed by atoms with Crippen molar-refractivity contribution >= 4 is 28.6 Å². The number of carbonyl (C=O) groups excluding carboxylic acids is 1. The number of benzene rings is 2. The highest BCUT2D eigenvalue weighted by Gasteiger charge is 2.26. The molecule has 2 amide bonds. The summed E-state index contributed by atoms with van der Waals surface area (Å²) in [6.45, 7) is 1.78. The molecule has 2 aromatic rings. The van der Waals surface area contributed by atoms with Gasteiger partial charge in [-0.2, -0.15) is 0 Å².